The lowest BCUT2D eigenvalue weighted by Crippen LogP contribution is -2.37. The number of sulfonamides is 1. The molecular weight excluding hydrogens is 440 g/mol. The van der Waals surface area contributed by atoms with Crippen molar-refractivity contribution in [3.05, 3.63) is 57.6 Å². The third kappa shape index (κ3) is 5.52. The van der Waals surface area contributed by atoms with Crippen LogP contribution in [0.15, 0.2) is 36.4 Å². The minimum absolute atomic E-state index is 0.164. The summed E-state index contributed by atoms with van der Waals surface area (Å²) in [6.07, 6.45) is -3.78. The van der Waals surface area contributed by atoms with E-state index in [2.05, 4.69) is 5.32 Å². The van der Waals surface area contributed by atoms with E-state index in [9.17, 15) is 26.4 Å². The van der Waals surface area contributed by atoms with Crippen molar-refractivity contribution in [2.45, 2.75) is 13.1 Å². The van der Waals surface area contributed by atoms with Gasteiger partial charge in [-0.2, -0.15) is 13.2 Å². The van der Waals surface area contributed by atoms with Crippen LogP contribution in [0.4, 0.5) is 24.5 Å². The molecule has 0 aliphatic rings. The van der Waals surface area contributed by atoms with E-state index >= 15 is 0 Å². The van der Waals surface area contributed by atoms with E-state index in [1.165, 1.54) is 24.3 Å². The molecular formula is C17H15Cl2F3N2O3S. The number of benzene rings is 2. The van der Waals surface area contributed by atoms with Gasteiger partial charge in [0.25, 0.3) is 0 Å². The second kappa shape index (κ2) is 8.18. The van der Waals surface area contributed by atoms with Crippen molar-refractivity contribution in [1.82, 2.24) is 0 Å². The molecule has 0 saturated heterocycles. The summed E-state index contributed by atoms with van der Waals surface area (Å²) in [6.45, 7) is 0.984. The molecule has 152 valence electrons. The van der Waals surface area contributed by atoms with Gasteiger partial charge in [0, 0.05) is 10.7 Å². The van der Waals surface area contributed by atoms with Crippen molar-refractivity contribution < 1.29 is 26.4 Å². The molecule has 0 atom stereocenters. The van der Waals surface area contributed by atoms with Crippen molar-refractivity contribution in [3.8, 4) is 0 Å². The fourth-order valence-corrected chi connectivity index (χ4v) is 3.80. The quantitative estimate of drug-likeness (QED) is 0.710. The molecule has 0 heterocycles. The van der Waals surface area contributed by atoms with Gasteiger partial charge in [-0.05, 0) is 48.9 Å². The van der Waals surface area contributed by atoms with Gasteiger partial charge in [0.15, 0.2) is 0 Å². The Bertz CT molecular complexity index is 1010. The number of hydrogen-bond acceptors (Lipinski definition) is 3. The lowest BCUT2D eigenvalue weighted by atomic mass is 10.2. The molecule has 1 N–H and O–H groups in total. The zero-order valence-corrected chi connectivity index (χ0v) is 17.0. The first-order chi connectivity index (χ1) is 12.8. The van der Waals surface area contributed by atoms with Gasteiger partial charge in [0.05, 0.1) is 22.5 Å². The van der Waals surface area contributed by atoms with Crippen LogP contribution in [0.25, 0.3) is 0 Å². The van der Waals surface area contributed by atoms with E-state index < -0.39 is 39.2 Å². The fraction of sp³-hybridized carbons (Fsp3) is 0.235. The molecule has 2 aromatic rings. The number of carbonyl (C=O) groups excluding carboxylic acids is 1. The summed E-state index contributed by atoms with van der Waals surface area (Å²) < 4.78 is 63.9. The first-order valence-electron chi connectivity index (χ1n) is 7.69. The summed E-state index contributed by atoms with van der Waals surface area (Å²) in [6, 6.07) is 7.30. The van der Waals surface area contributed by atoms with Crippen molar-refractivity contribution in [3.63, 3.8) is 0 Å². The highest BCUT2D eigenvalue weighted by atomic mass is 35.5. The lowest BCUT2D eigenvalue weighted by Gasteiger charge is -2.24. The standard InChI is InChI=1S/C17H15Cl2F3N2O3S/c1-10-7-11(18)3-6-15(10)24(28(2,26)27)9-16(25)23-12-4-5-14(19)13(8-12)17(20,21)22/h3-8H,9H2,1-2H3,(H,23,25). The normalized spacial score (nSPS) is 12.0. The number of anilines is 2. The monoisotopic (exact) mass is 454 g/mol. The molecule has 0 fully saturated rings. The summed E-state index contributed by atoms with van der Waals surface area (Å²) >= 11 is 11.4. The average molecular weight is 455 g/mol. The van der Waals surface area contributed by atoms with E-state index in [0.29, 0.717) is 16.7 Å². The SMILES string of the molecule is Cc1cc(Cl)ccc1N(CC(=O)Nc1ccc(Cl)c(C(F)(F)F)c1)S(C)(=O)=O. The third-order valence-corrected chi connectivity index (χ3v) is 5.36. The number of carbonyl (C=O) groups is 1. The molecule has 5 nitrogen and oxygen atoms in total. The van der Waals surface area contributed by atoms with Crippen LogP contribution in [-0.4, -0.2) is 27.1 Å². The predicted molar refractivity (Wildman–Crippen MR) is 103 cm³/mol. The Morgan fingerprint density at radius 2 is 1.79 bits per heavy atom. The van der Waals surface area contributed by atoms with Crippen LogP contribution < -0.4 is 9.62 Å². The summed E-state index contributed by atoms with van der Waals surface area (Å²) in [5.41, 5.74) is -0.533. The summed E-state index contributed by atoms with van der Waals surface area (Å²) in [7, 11) is -3.85. The molecule has 28 heavy (non-hydrogen) atoms. The second-order valence-corrected chi connectivity index (χ2v) is 8.69. The number of halogens is 5. The second-order valence-electron chi connectivity index (χ2n) is 5.94. The first-order valence-corrected chi connectivity index (χ1v) is 10.3. The smallest absolute Gasteiger partial charge is 0.324 e. The summed E-state index contributed by atoms with van der Waals surface area (Å²) in [4.78, 5) is 12.3. The minimum atomic E-state index is -4.70. The van der Waals surface area contributed by atoms with Gasteiger partial charge in [0.1, 0.15) is 6.54 Å². The lowest BCUT2D eigenvalue weighted by molar-refractivity contribution is -0.137. The molecule has 0 aromatic heterocycles. The van der Waals surface area contributed by atoms with Crippen LogP contribution in [0.5, 0.6) is 0 Å². The van der Waals surface area contributed by atoms with Crippen molar-refractivity contribution >= 4 is 50.5 Å². The molecule has 0 aliphatic carbocycles. The van der Waals surface area contributed by atoms with Crippen LogP contribution in [0.2, 0.25) is 10.0 Å². The molecule has 11 heteroatoms. The zero-order chi connectivity index (χ0) is 21.3. The number of amides is 1. The molecule has 0 radical (unpaired) electrons. The van der Waals surface area contributed by atoms with E-state index in [1.807, 2.05) is 0 Å². The van der Waals surface area contributed by atoms with Crippen molar-refractivity contribution in [1.29, 1.82) is 0 Å². The Morgan fingerprint density at radius 3 is 2.32 bits per heavy atom. The maximum Gasteiger partial charge on any atom is 0.417 e. The van der Waals surface area contributed by atoms with Gasteiger partial charge in [0.2, 0.25) is 15.9 Å². The molecule has 0 aliphatic heterocycles. The highest BCUT2D eigenvalue weighted by molar-refractivity contribution is 7.92. The van der Waals surface area contributed by atoms with E-state index in [1.54, 1.807) is 6.92 Å². The molecule has 1 amide bonds. The zero-order valence-electron chi connectivity index (χ0n) is 14.6. The van der Waals surface area contributed by atoms with Crippen LogP contribution >= 0.6 is 23.2 Å². The molecule has 0 bridgehead atoms. The summed E-state index contributed by atoms with van der Waals surface area (Å²) in [5, 5.41) is 2.13. The topological polar surface area (TPSA) is 66.5 Å². The van der Waals surface area contributed by atoms with Gasteiger partial charge in [-0.15, -0.1) is 0 Å². The van der Waals surface area contributed by atoms with E-state index in [0.717, 1.165) is 16.6 Å². The van der Waals surface area contributed by atoms with Gasteiger partial charge < -0.3 is 5.32 Å². The Morgan fingerprint density at radius 1 is 1.14 bits per heavy atom. The maximum absolute atomic E-state index is 12.9. The van der Waals surface area contributed by atoms with Crippen LogP contribution in [-0.2, 0) is 21.0 Å². The average Bonchev–Trinajstić information content (AvgIpc) is 2.53. The van der Waals surface area contributed by atoms with Gasteiger partial charge in [-0.25, -0.2) is 8.42 Å². The number of alkyl halides is 3. The number of rotatable bonds is 5. The molecule has 0 unspecified atom stereocenters. The number of nitrogens with zero attached hydrogens (tertiary/aromatic N) is 1. The minimum Gasteiger partial charge on any atom is -0.324 e. The Balaban J connectivity index is 2.28. The fourth-order valence-electron chi connectivity index (χ4n) is 2.43. The predicted octanol–water partition coefficient (Wildman–Crippen LogP) is 4.73. The Hall–Kier alpha value is -1.97. The highest BCUT2D eigenvalue weighted by Crippen LogP contribution is 2.36. The number of nitrogens with one attached hydrogen (secondary N) is 1. The number of aryl methyl sites for hydroxylation is 1. The van der Waals surface area contributed by atoms with Crippen LogP contribution in [0.1, 0.15) is 11.1 Å². The third-order valence-electron chi connectivity index (χ3n) is 3.67. The molecule has 2 aromatic carbocycles. The van der Waals surface area contributed by atoms with Crippen molar-refractivity contribution in [2.24, 2.45) is 0 Å². The van der Waals surface area contributed by atoms with E-state index in [4.69, 9.17) is 23.2 Å². The van der Waals surface area contributed by atoms with Crippen LogP contribution in [0, 0.1) is 6.92 Å². The summed E-state index contributed by atoms with van der Waals surface area (Å²) in [5.74, 6) is -0.824. The van der Waals surface area contributed by atoms with Crippen LogP contribution in [0.3, 0.4) is 0 Å². The number of hydrogen-bond donors (Lipinski definition) is 1. The van der Waals surface area contributed by atoms with Crippen molar-refractivity contribution in [2.75, 3.05) is 22.4 Å². The Labute approximate surface area is 170 Å². The van der Waals surface area contributed by atoms with Gasteiger partial charge in [-0.3, -0.25) is 9.10 Å². The van der Waals surface area contributed by atoms with Gasteiger partial charge >= 0.3 is 6.18 Å². The highest BCUT2D eigenvalue weighted by Gasteiger charge is 2.33. The largest absolute Gasteiger partial charge is 0.417 e. The molecule has 0 saturated carbocycles. The maximum atomic E-state index is 12.9. The molecule has 0 spiro atoms. The first kappa shape index (κ1) is 22.3. The van der Waals surface area contributed by atoms with Gasteiger partial charge in [-0.1, -0.05) is 23.2 Å². The Kier molecular flexibility index (Phi) is 6.52. The van der Waals surface area contributed by atoms with E-state index in [-0.39, 0.29) is 11.4 Å². The molecule has 2 rings (SSSR count).